The van der Waals surface area contributed by atoms with Crippen molar-refractivity contribution >= 4 is 26.7 Å². The molecular formula is C16H19NO5S. The van der Waals surface area contributed by atoms with Gasteiger partial charge in [-0.2, -0.15) is 0 Å². The second-order valence-electron chi connectivity index (χ2n) is 6.25. The lowest BCUT2D eigenvalue weighted by atomic mass is 10.0. The van der Waals surface area contributed by atoms with Crippen molar-refractivity contribution in [3.05, 3.63) is 29.5 Å². The second-order valence-corrected chi connectivity index (χ2v) is 8.43. The molecule has 1 aliphatic rings. The summed E-state index contributed by atoms with van der Waals surface area (Å²) in [4.78, 5) is 12.6. The first-order valence-corrected chi connectivity index (χ1v) is 9.16. The molecule has 23 heavy (non-hydrogen) atoms. The maximum Gasteiger partial charge on any atom is 0.287 e. The van der Waals surface area contributed by atoms with E-state index >= 15 is 0 Å². The summed E-state index contributed by atoms with van der Waals surface area (Å²) >= 11 is 0. The Morgan fingerprint density at radius 3 is 2.74 bits per heavy atom. The predicted octanol–water partition coefficient (Wildman–Crippen LogP) is 2.06. The molecule has 1 atom stereocenters. The Hall–Kier alpha value is -2.02. The number of fused-ring (bicyclic) bond motifs is 1. The molecule has 1 N–H and O–H groups in total. The number of benzene rings is 1. The number of para-hydroxylation sites is 1. The first-order chi connectivity index (χ1) is 10.7. The first-order valence-electron chi connectivity index (χ1n) is 7.34. The number of nitrogens with one attached hydrogen (secondary N) is 1. The van der Waals surface area contributed by atoms with Gasteiger partial charge in [-0.3, -0.25) is 4.79 Å². The van der Waals surface area contributed by atoms with E-state index in [2.05, 4.69) is 5.32 Å². The number of methoxy groups -OCH3 is 1. The zero-order chi connectivity index (χ0) is 16.8. The minimum Gasteiger partial charge on any atom is -0.493 e. The number of ether oxygens (including phenoxy) is 1. The van der Waals surface area contributed by atoms with Crippen molar-refractivity contribution in [1.29, 1.82) is 0 Å². The molecule has 0 saturated carbocycles. The third kappa shape index (κ3) is 2.81. The van der Waals surface area contributed by atoms with Crippen molar-refractivity contribution in [2.45, 2.75) is 25.8 Å². The van der Waals surface area contributed by atoms with Crippen LogP contribution in [-0.2, 0) is 9.84 Å². The van der Waals surface area contributed by atoms with Gasteiger partial charge in [0.15, 0.2) is 26.9 Å². The summed E-state index contributed by atoms with van der Waals surface area (Å²) in [6, 6.07) is 5.45. The fourth-order valence-electron chi connectivity index (χ4n) is 3.03. The van der Waals surface area contributed by atoms with Crippen molar-refractivity contribution in [1.82, 2.24) is 5.32 Å². The average molecular weight is 337 g/mol. The van der Waals surface area contributed by atoms with E-state index in [9.17, 15) is 13.2 Å². The topological polar surface area (TPSA) is 85.6 Å². The number of hydrogen-bond acceptors (Lipinski definition) is 5. The van der Waals surface area contributed by atoms with E-state index in [0.29, 0.717) is 23.3 Å². The van der Waals surface area contributed by atoms with Crippen molar-refractivity contribution in [2.24, 2.45) is 0 Å². The van der Waals surface area contributed by atoms with Crippen LogP contribution >= 0.6 is 0 Å². The quantitative estimate of drug-likeness (QED) is 0.926. The highest BCUT2D eigenvalue weighted by Gasteiger charge is 2.40. The molecule has 6 nitrogen and oxygen atoms in total. The van der Waals surface area contributed by atoms with Crippen molar-refractivity contribution in [2.75, 3.05) is 18.6 Å². The van der Waals surface area contributed by atoms with E-state index in [-0.39, 0.29) is 17.3 Å². The fraction of sp³-hybridized carbons (Fsp3) is 0.438. The summed E-state index contributed by atoms with van der Waals surface area (Å²) < 4.78 is 34.3. The summed E-state index contributed by atoms with van der Waals surface area (Å²) in [5.41, 5.74) is 0.466. The van der Waals surface area contributed by atoms with Crippen LogP contribution in [0.2, 0.25) is 0 Å². The number of aryl methyl sites for hydroxylation is 1. The van der Waals surface area contributed by atoms with Crippen LogP contribution < -0.4 is 10.1 Å². The van der Waals surface area contributed by atoms with Gasteiger partial charge in [-0.1, -0.05) is 12.1 Å². The van der Waals surface area contributed by atoms with Crippen LogP contribution in [0.5, 0.6) is 5.75 Å². The Bertz CT molecular complexity index is 883. The molecule has 0 bridgehead atoms. The molecule has 7 heteroatoms. The van der Waals surface area contributed by atoms with Crippen molar-refractivity contribution in [3.8, 4) is 5.75 Å². The zero-order valence-electron chi connectivity index (χ0n) is 13.3. The first kappa shape index (κ1) is 15.9. The van der Waals surface area contributed by atoms with Gasteiger partial charge in [-0.25, -0.2) is 8.42 Å². The minimum absolute atomic E-state index is 0.0473. The number of hydrogen-bond donors (Lipinski definition) is 1. The molecule has 1 amide bonds. The Morgan fingerprint density at radius 1 is 1.39 bits per heavy atom. The highest BCUT2D eigenvalue weighted by atomic mass is 32.2. The van der Waals surface area contributed by atoms with Crippen LogP contribution in [0.1, 0.15) is 29.5 Å². The van der Waals surface area contributed by atoms with Gasteiger partial charge in [0.25, 0.3) is 5.91 Å². The highest BCUT2D eigenvalue weighted by molar-refractivity contribution is 7.91. The summed E-state index contributed by atoms with van der Waals surface area (Å²) in [6.07, 6.45) is 0.406. The van der Waals surface area contributed by atoms with Gasteiger partial charge in [0.1, 0.15) is 0 Å². The summed E-state index contributed by atoms with van der Waals surface area (Å²) in [6.45, 7) is 3.54. The van der Waals surface area contributed by atoms with Gasteiger partial charge in [0.05, 0.1) is 24.2 Å². The van der Waals surface area contributed by atoms with Gasteiger partial charge >= 0.3 is 0 Å². The Kier molecular flexibility index (Phi) is 3.63. The third-order valence-corrected chi connectivity index (χ3v) is 6.18. The van der Waals surface area contributed by atoms with Crippen LogP contribution in [0.15, 0.2) is 22.6 Å². The second kappa shape index (κ2) is 5.26. The monoisotopic (exact) mass is 337 g/mol. The Labute approximate surface area is 134 Å². The molecule has 0 radical (unpaired) electrons. The number of furan rings is 1. The molecule has 1 fully saturated rings. The lowest BCUT2D eigenvalue weighted by molar-refractivity contribution is 0.0888. The van der Waals surface area contributed by atoms with Gasteiger partial charge in [0, 0.05) is 10.9 Å². The molecular weight excluding hydrogens is 318 g/mol. The molecule has 0 unspecified atom stereocenters. The van der Waals surface area contributed by atoms with Gasteiger partial charge < -0.3 is 14.5 Å². The Balaban J connectivity index is 1.94. The predicted molar refractivity (Wildman–Crippen MR) is 86.6 cm³/mol. The van der Waals surface area contributed by atoms with Crippen molar-refractivity contribution in [3.63, 3.8) is 0 Å². The zero-order valence-corrected chi connectivity index (χ0v) is 14.1. The number of sulfone groups is 1. The number of carbonyl (C=O) groups is 1. The lowest BCUT2D eigenvalue weighted by Crippen LogP contribution is -2.47. The molecule has 124 valence electrons. The molecule has 1 aliphatic heterocycles. The maximum absolute atomic E-state index is 12.6. The summed E-state index contributed by atoms with van der Waals surface area (Å²) in [5.74, 6) is 0.389. The van der Waals surface area contributed by atoms with Crippen LogP contribution in [0.25, 0.3) is 11.0 Å². The molecule has 3 rings (SSSR count). The molecule has 2 heterocycles. The van der Waals surface area contributed by atoms with Crippen LogP contribution in [-0.4, -0.2) is 38.5 Å². The Morgan fingerprint density at radius 2 is 2.13 bits per heavy atom. The van der Waals surface area contributed by atoms with E-state index in [4.69, 9.17) is 9.15 Å². The lowest BCUT2D eigenvalue weighted by Gasteiger charge is -2.23. The average Bonchev–Trinajstić information content (AvgIpc) is 2.96. The van der Waals surface area contributed by atoms with E-state index in [1.807, 2.05) is 12.1 Å². The molecule has 1 aromatic heterocycles. The maximum atomic E-state index is 12.6. The molecule has 1 aromatic carbocycles. The van der Waals surface area contributed by atoms with Crippen LogP contribution in [0.3, 0.4) is 0 Å². The SMILES string of the molecule is COc1cccc2c(C)c(C(=O)N[C@]3(C)CCS(=O)(=O)C3)oc12. The van der Waals surface area contributed by atoms with Gasteiger partial charge in [-0.05, 0) is 26.3 Å². The van der Waals surface area contributed by atoms with E-state index < -0.39 is 21.3 Å². The van der Waals surface area contributed by atoms with Crippen LogP contribution in [0, 0.1) is 6.92 Å². The van der Waals surface area contributed by atoms with Crippen molar-refractivity contribution < 1.29 is 22.4 Å². The normalized spacial score (nSPS) is 23.1. The molecule has 0 spiro atoms. The van der Waals surface area contributed by atoms with E-state index in [1.54, 1.807) is 19.9 Å². The minimum atomic E-state index is -3.09. The fourth-order valence-corrected chi connectivity index (χ4v) is 5.13. The number of amides is 1. The molecule has 1 saturated heterocycles. The molecule has 2 aromatic rings. The smallest absolute Gasteiger partial charge is 0.287 e. The highest BCUT2D eigenvalue weighted by Crippen LogP contribution is 2.33. The third-order valence-electron chi connectivity index (χ3n) is 4.27. The standard InChI is InChI=1S/C16H19NO5S/c1-10-11-5-4-6-12(21-3)14(11)22-13(10)15(18)17-16(2)7-8-23(19,20)9-16/h4-6H,7-9H2,1-3H3,(H,17,18)/t16-/m1/s1. The van der Waals surface area contributed by atoms with E-state index in [0.717, 1.165) is 5.39 Å². The van der Waals surface area contributed by atoms with Gasteiger partial charge in [-0.15, -0.1) is 0 Å². The summed E-state index contributed by atoms with van der Waals surface area (Å²) in [5, 5.41) is 3.62. The summed E-state index contributed by atoms with van der Waals surface area (Å²) in [7, 11) is -1.55. The largest absolute Gasteiger partial charge is 0.493 e. The van der Waals surface area contributed by atoms with Crippen LogP contribution in [0.4, 0.5) is 0 Å². The molecule has 0 aliphatic carbocycles. The van der Waals surface area contributed by atoms with E-state index in [1.165, 1.54) is 7.11 Å². The number of carbonyl (C=O) groups excluding carboxylic acids is 1. The van der Waals surface area contributed by atoms with Gasteiger partial charge in [0.2, 0.25) is 0 Å². The number of rotatable bonds is 3.